The number of anilines is 1. The molecule has 168 valence electrons. The van der Waals surface area contributed by atoms with E-state index < -0.39 is 14.9 Å². The summed E-state index contributed by atoms with van der Waals surface area (Å²) in [6, 6.07) is 16.5. The van der Waals surface area contributed by atoms with Crippen LogP contribution in [-0.4, -0.2) is 34.7 Å². The van der Waals surface area contributed by atoms with Crippen LogP contribution in [0, 0.1) is 10.1 Å². The van der Waals surface area contributed by atoms with Crippen LogP contribution in [-0.2, 0) is 16.6 Å². The highest BCUT2D eigenvalue weighted by atomic mass is 32.2. The van der Waals surface area contributed by atoms with Gasteiger partial charge in [0.15, 0.2) is 0 Å². The zero-order valence-corrected chi connectivity index (χ0v) is 18.5. The molecule has 0 saturated carbocycles. The molecule has 3 rings (SSSR count). The smallest absolute Gasteiger partial charge is 0.269 e. The first kappa shape index (κ1) is 22.9. The number of nitrogens with zero attached hydrogens (tertiary/aromatic N) is 2. The van der Waals surface area contributed by atoms with Crippen molar-refractivity contribution >= 4 is 21.4 Å². The number of hydrogen-bond acceptors (Lipinski definition) is 7. The molecule has 0 bridgehead atoms. The molecule has 0 radical (unpaired) electrons. The van der Waals surface area contributed by atoms with Crippen molar-refractivity contribution in [2.75, 3.05) is 25.6 Å². The van der Waals surface area contributed by atoms with E-state index in [1.165, 1.54) is 30.7 Å². The Morgan fingerprint density at radius 2 is 1.34 bits per heavy atom. The van der Waals surface area contributed by atoms with E-state index in [2.05, 4.69) is 0 Å². The Hall–Kier alpha value is -3.79. The van der Waals surface area contributed by atoms with Crippen LogP contribution in [0.3, 0.4) is 0 Å². The van der Waals surface area contributed by atoms with Gasteiger partial charge in [-0.2, -0.15) is 0 Å². The lowest BCUT2D eigenvalue weighted by Crippen LogP contribution is -2.30. The predicted octanol–water partition coefficient (Wildman–Crippen LogP) is 4.02. The molecule has 9 nitrogen and oxygen atoms in total. The molecule has 0 saturated heterocycles. The maximum Gasteiger partial charge on any atom is 0.269 e. The minimum Gasteiger partial charge on any atom is -0.497 e. The van der Waals surface area contributed by atoms with Gasteiger partial charge in [0, 0.05) is 30.3 Å². The average molecular weight is 458 g/mol. The Kier molecular flexibility index (Phi) is 6.84. The van der Waals surface area contributed by atoms with Gasteiger partial charge in [0.05, 0.1) is 43.4 Å². The first-order valence-corrected chi connectivity index (χ1v) is 10.9. The Bertz CT molecular complexity index is 1170. The Morgan fingerprint density at radius 3 is 1.81 bits per heavy atom. The molecule has 10 heteroatoms. The number of sulfonamides is 1. The van der Waals surface area contributed by atoms with Gasteiger partial charge in [-0.25, -0.2) is 8.42 Å². The van der Waals surface area contributed by atoms with Crippen molar-refractivity contribution in [2.24, 2.45) is 0 Å². The Balaban J connectivity index is 2.11. The van der Waals surface area contributed by atoms with E-state index in [1.54, 1.807) is 49.6 Å². The summed E-state index contributed by atoms with van der Waals surface area (Å²) in [4.78, 5) is 10.3. The van der Waals surface area contributed by atoms with Crippen molar-refractivity contribution in [1.82, 2.24) is 0 Å². The number of nitro benzene ring substituents is 1. The van der Waals surface area contributed by atoms with Crippen molar-refractivity contribution in [3.63, 3.8) is 0 Å². The van der Waals surface area contributed by atoms with Crippen LogP contribution in [0.1, 0.15) is 5.56 Å². The molecule has 0 unspecified atom stereocenters. The first-order valence-electron chi connectivity index (χ1n) is 9.41. The lowest BCUT2D eigenvalue weighted by molar-refractivity contribution is -0.384. The number of non-ortho nitro benzene ring substituents is 1. The highest BCUT2D eigenvalue weighted by Gasteiger charge is 2.27. The predicted molar refractivity (Wildman–Crippen MR) is 119 cm³/mol. The fourth-order valence-electron chi connectivity index (χ4n) is 3.02. The molecule has 0 spiro atoms. The normalized spacial score (nSPS) is 11.0. The van der Waals surface area contributed by atoms with Crippen LogP contribution in [0.5, 0.6) is 17.2 Å². The maximum absolute atomic E-state index is 13.6. The molecule has 3 aromatic carbocycles. The number of methoxy groups -OCH3 is 3. The lowest BCUT2D eigenvalue weighted by atomic mass is 10.2. The van der Waals surface area contributed by atoms with Crippen molar-refractivity contribution in [1.29, 1.82) is 0 Å². The molecule has 0 aliphatic heterocycles. The molecular weight excluding hydrogens is 436 g/mol. The van der Waals surface area contributed by atoms with Gasteiger partial charge in [0.1, 0.15) is 17.2 Å². The SMILES string of the molecule is COc1ccc(CN(c2cc(OC)cc(OC)c2)S(=O)(=O)c2ccc([N+](=O)[O-])cc2)cc1. The maximum atomic E-state index is 13.6. The number of hydrogen-bond donors (Lipinski definition) is 0. The molecule has 0 aromatic heterocycles. The largest absolute Gasteiger partial charge is 0.497 e. The fraction of sp³-hybridized carbons (Fsp3) is 0.182. The topological polar surface area (TPSA) is 108 Å². The second kappa shape index (κ2) is 9.56. The highest BCUT2D eigenvalue weighted by molar-refractivity contribution is 7.92. The van der Waals surface area contributed by atoms with E-state index in [-0.39, 0.29) is 17.1 Å². The molecule has 0 N–H and O–H groups in total. The zero-order chi connectivity index (χ0) is 23.3. The lowest BCUT2D eigenvalue weighted by Gasteiger charge is -2.25. The van der Waals surface area contributed by atoms with Crippen molar-refractivity contribution in [2.45, 2.75) is 11.4 Å². The highest BCUT2D eigenvalue weighted by Crippen LogP contribution is 2.33. The summed E-state index contributed by atoms with van der Waals surface area (Å²) < 4.78 is 44.1. The third-order valence-corrected chi connectivity index (χ3v) is 6.53. The fourth-order valence-corrected chi connectivity index (χ4v) is 4.45. The van der Waals surface area contributed by atoms with Crippen LogP contribution >= 0.6 is 0 Å². The summed E-state index contributed by atoms with van der Waals surface area (Å²) in [5.74, 6) is 1.47. The van der Waals surface area contributed by atoms with E-state index >= 15 is 0 Å². The monoisotopic (exact) mass is 458 g/mol. The molecule has 0 amide bonds. The van der Waals surface area contributed by atoms with E-state index in [9.17, 15) is 18.5 Å². The van der Waals surface area contributed by atoms with Crippen LogP contribution in [0.25, 0.3) is 0 Å². The minimum atomic E-state index is -4.09. The van der Waals surface area contributed by atoms with E-state index in [0.29, 0.717) is 28.5 Å². The Morgan fingerprint density at radius 1 is 0.812 bits per heavy atom. The van der Waals surface area contributed by atoms with Crippen molar-refractivity contribution < 1.29 is 27.6 Å². The van der Waals surface area contributed by atoms with Gasteiger partial charge in [-0.15, -0.1) is 0 Å². The second-order valence-corrected chi connectivity index (χ2v) is 8.54. The van der Waals surface area contributed by atoms with E-state index in [0.717, 1.165) is 12.1 Å². The summed E-state index contributed by atoms with van der Waals surface area (Å²) in [6.07, 6.45) is 0. The van der Waals surface area contributed by atoms with Gasteiger partial charge in [-0.1, -0.05) is 12.1 Å². The molecule has 32 heavy (non-hydrogen) atoms. The summed E-state index contributed by atoms with van der Waals surface area (Å²) in [5.41, 5.74) is 0.821. The third-order valence-electron chi connectivity index (χ3n) is 4.74. The van der Waals surface area contributed by atoms with Gasteiger partial charge in [-0.3, -0.25) is 14.4 Å². The molecule has 0 heterocycles. The molecular formula is C22H22N2O7S. The zero-order valence-electron chi connectivity index (χ0n) is 17.7. The minimum absolute atomic E-state index is 0.000360. The first-order chi connectivity index (χ1) is 15.3. The number of rotatable bonds is 9. The van der Waals surface area contributed by atoms with Crippen LogP contribution in [0.2, 0.25) is 0 Å². The summed E-state index contributed by atoms with van der Waals surface area (Å²) in [5, 5.41) is 11.0. The number of benzene rings is 3. The average Bonchev–Trinajstić information content (AvgIpc) is 2.82. The van der Waals surface area contributed by atoms with Gasteiger partial charge >= 0.3 is 0 Å². The van der Waals surface area contributed by atoms with Crippen molar-refractivity contribution in [3.05, 3.63) is 82.4 Å². The summed E-state index contributed by atoms with van der Waals surface area (Å²) in [6.45, 7) is -0.000360. The van der Waals surface area contributed by atoms with Gasteiger partial charge in [-0.05, 0) is 29.8 Å². The quantitative estimate of drug-likeness (QED) is 0.352. The standard InChI is InChI=1S/C22H22N2O7S/c1-29-19-8-4-16(5-9-19)15-23(18-12-20(30-2)14-21(13-18)31-3)32(27,28)22-10-6-17(7-11-22)24(25)26/h4-14H,15H2,1-3H3. The molecule has 3 aromatic rings. The van der Waals surface area contributed by atoms with Crippen LogP contribution in [0.4, 0.5) is 11.4 Å². The summed E-state index contributed by atoms with van der Waals surface area (Å²) in [7, 11) is 0.391. The van der Waals surface area contributed by atoms with Crippen LogP contribution < -0.4 is 18.5 Å². The number of nitro groups is 1. The van der Waals surface area contributed by atoms with Gasteiger partial charge in [0.2, 0.25) is 0 Å². The molecule has 0 aliphatic rings. The van der Waals surface area contributed by atoms with Gasteiger partial charge < -0.3 is 14.2 Å². The number of ether oxygens (including phenoxy) is 3. The van der Waals surface area contributed by atoms with E-state index in [4.69, 9.17) is 14.2 Å². The van der Waals surface area contributed by atoms with Crippen molar-refractivity contribution in [3.8, 4) is 17.2 Å². The molecule has 0 aliphatic carbocycles. The second-order valence-electron chi connectivity index (χ2n) is 6.68. The summed E-state index contributed by atoms with van der Waals surface area (Å²) >= 11 is 0. The van der Waals surface area contributed by atoms with Gasteiger partial charge in [0.25, 0.3) is 15.7 Å². The van der Waals surface area contributed by atoms with E-state index in [1.807, 2.05) is 0 Å². The molecule has 0 atom stereocenters. The molecule has 0 fully saturated rings. The third kappa shape index (κ3) is 4.92. The van der Waals surface area contributed by atoms with Crippen LogP contribution in [0.15, 0.2) is 71.6 Å². The Labute approximate surface area is 186 Å².